The highest BCUT2D eigenvalue weighted by Crippen LogP contribution is 2.22. The molecule has 10 heteroatoms. The summed E-state index contributed by atoms with van der Waals surface area (Å²) in [6.07, 6.45) is 3.84. The smallest absolute Gasteiger partial charge is 0.309 e. The molecule has 3 heterocycles. The number of piperidine rings is 1. The summed E-state index contributed by atoms with van der Waals surface area (Å²) in [6.45, 7) is 6.43. The number of carbonyl (C=O) groups is 3. The fourth-order valence-electron chi connectivity index (χ4n) is 4.64. The number of likely N-dealkylation sites (tertiary alicyclic amines) is 1. The molecule has 0 aliphatic carbocycles. The maximum Gasteiger partial charge on any atom is 0.309 e. The van der Waals surface area contributed by atoms with Crippen molar-refractivity contribution in [1.82, 2.24) is 19.4 Å². The summed E-state index contributed by atoms with van der Waals surface area (Å²) in [5.74, 6) is -1.35. The summed E-state index contributed by atoms with van der Waals surface area (Å²) in [5.41, 5.74) is 1.36. The van der Waals surface area contributed by atoms with E-state index in [0.29, 0.717) is 57.9 Å². The molecule has 0 bridgehead atoms. The van der Waals surface area contributed by atoms with Crippen molar-refractivity contribution in [2.75, 3.05) is 26.2 Å². The van der Waals surface area contributed by atoms with E-state index in [2.05, 4.69) is 4.98 Å². The van der Waals surface area contributed by atoms with Gasteiger partial charge < -0.3 is 19.1 Å². The van der Waals surface area contributed by atoms with Crippen LogP contribution in [-0.2, 0) is 22.6 Å². The van der Waals surface area contributed by atoms with Gasteiger partial charge in [-0.3, -0.25) is 14.4 Å². The number of ether oxygens (including phenoxy) is 1. The highest BCUT2D eigenvalue weighted by molar-refractivity contribution is 7.09. The number of rotatable bonds is 10. The number of nitrogens with zero attached hydrogens (tertiary/aromatic N) is 4. The summed E-state index contributed by atoms with van der Waals surface area (Å²) in [5, 5.41) is 2.54. The first-order chi connectivity index (χ1) is 18.4. The zero-order chi connectivity index (χ0) is 27.1. The molecule has 1 aromatic carbocycles. The Hall–Kier alpha value is -3.53. The highest BCUT2D eigenvalue weighted by atomic mass is 32.1. The van der Waals surface area contributed by atoms with Crippen molar-refractivity contribution < 1.29 is 23.5 Å². The van der Waals surface area contributed by atoms with E-state index in [-0.39, 0.29) is 29.3 Å². The summed E-state index contributed by atoms with van der Waals surface area (Å²) in [6, 6.07) is 9.87. The third kappa shape index (κ3) is 6.48. The molecule has 1 fully saturated rings. The third-order valence-electron chi connectivity index (χ3n) is 6.64. The molecule has 8 nitrogen and oxygen atoms in total. The van der Waals surface area contributed by atoms with Gasteiger partial charge in [-0.1, -0.05) is 19.1 Å². The van der Waals surface area contributed by atoms with Gasteiger partial charge >= 0.3 is 5.97 Å². The van der Waals surface area contributed by atoms with E-state index in [0.717, 1.165) is 17.1 Å². The molecule has 0 atom stereocenters. The molecular weight excluding hydrogens is 507 g/mol. The Bertz CT molecular complexity index is 1270. The summed E-state index contributed by atoms with van der Waals surface area (Å²) in [4.78, 5) is 46.0. The van der Waals surface area contributed by atoms with Crippen LogP contribution in [0.5, 0.6) is 0 Å². The van der Waals surface area contributed by atoms with E-state index in [1.807, 2.05) is 29.8 Å². The average molecular weight is 541 g/mol. The molecular formula is C28H33FN4O4S. The second kappa shape index (κ2) is 12.8. The first kappa shape index (κ1) is 27.5. The van der Waals surface area contributed by atoms with Gasteiger partial charge in [-0.05, 0) is 50.5 Å². The number of hydrogen-bond donors (Lipinski definition) is 0. The van der Waals surface area contributed by atoms with E-state index < -0.39 is 5.82 Å². The van der Waals surface area contributed by atoms with Crippen LogP contribution in [0.4, 0.5) is 4.39 Å². The number of amides is 2. The minimum atomic E-state index is -0.529. The number of carbonyl (C=O) groups excluding carboxylic acids is 3. The lowest BCUT2D eigenvalue weighted by Crippen LogP contribution is -2.40. The van der Waals surface area contributed by atoms with E-state index in [1.165, 1.54) is 23.5 Å². The molecule has 4 rings (SSSR count). The number of benzene rings is 1. The van der Waals surface area contributed by atoms with E-state index in [9.17, 15) is 18.8 Å². The molecule has 0 radical (unpaired) electrons. The average Bonchev–Trinajstić information content (AvgIpc) is 3.58. The number of halogens is 1. The van der Waals surface area contributed by atoms with Crippen LogP contribution in [0.1, 0.15) is 64.7 Å². The van der Waals surface area contributed by atoms with Crippen LogP contribution in [0.25, 0.3) is 0 Å². The molecule has 0 N–H and O–H groups in total. The lowest BCUT2D eigenvalue weighted by atomic mass is 9.97. The SMILES string of the molecule is CCCN(Cc1cccn1Cc1nc(C(=O)N2CCC(C(=O)OCC)CC2)cs1)C(=O)c1ccccc1F. The quantitative estimate of drug-likeness (QED) is 0.351. The third-order valence-corrected chi connectivity index (χ3v) is 7.47. The van der Waals surface area contributed by atoms with Gasteiger partial charge in [0.05, 0.1) is 31.2 Å². The predicted molar refractivity (Wildman–Crippen MR) is 142 cm³/mol. The van der Waals surface area contributed by atoms with Gasteiger partial charge in [0.15, 0.2) is 0 Å². The first-order valence-electron chi connectivity index (χ1n) is 13.0. The van der Waals surface area contributed by atoms with Crippen LogP contribution in [0.2, 0.25) is 0 Å². The lowest BCUT2D eigenvalue weighted by molar-refractivity contribution is -0.149. The molecule has 2 aromatic heterocycles. The van der Waals surface area contributed by atoms with Gasteiger partial charge in [0.25, 0.3) is 11.8 Å². The Morgan fingerprint density at radius 2 is 1.89 bits per heavy atom. The summed E-state index contributed by atoms with van der Waals surface area (Å²) in [7, 11) is 0. The van der Waals surface area contributed by atoms with Gasteiger partial charge in [0.2, 0.25) is 0 Å². The molecule has 38 heavy (non-hydrogen) atoms. The molecule has 0 saturated carbocycles. The van der Waals surface area contributed by atoms with Gasteiger partial charge in [-0.25, -0.2) is 9.37 Å². The second-order valence-electron chi connectivity index (χ2n) is 9.28. The van der Waals surface area contributed by atoms with E-state index in [1.54, 1.807) is 34.2 Å². The van der Waals surface area contributed by atoms with Crippen molar-refractivity contribution in [3.05, 3.63) is 75.8 Å². The molecule has 1 aliphatic rings. The number of thiazole rings is 1. The fourth-order valence-corrected chi connectivity index (χ4v) is 5.40. The van der Waals surface area contributed by atoms with Gasteiger partial charge in [0, 0.05) is 36.9 Å². The molecule has 2 amide bonds. The van der Waals surface area contributed by atoms with Gasteiger partial charge in [0.1, 0.15) is 16.5 Å². The highest BCUT2D eigenvalue weighted by Gasteiger charge is 2.29. The molecule has 0 spiro atoms. The van der Waals surface area contributed by atoms with Crippen molar-refractivity contribution in [2.45, 2.75) is 46.2 Å². The zero-order valence-corrected chi connectivity index (χ0v) is 22.6. The Balaban J connectivity index is 1.39. The second-order valence-corrected chi connectivity index (χ2v) is 10.2. The standard InChI is InChI=1S/C28H33FN4O4S/c1-3-13-33(26(34)22-9-5-6-10-23(22)29)17-21-8-7-14-32(21)18-25-30-24(19-38-25)27(35)31-15-11-20(12-16-31)28(36)37-4-2/h5-10,14,19-20H,3-4,11-13,15-18H2,1-2H3. The molecule has 3 aromatic rings. The number of esters is 1. The minimum absolute atomic E-state index is 0.0634. The number of hydrogen-bond acceptors (Lipinski definition) is 6. The van der Waals surface area contributed by atoms with Crippen molar-refractivity contribution in [2.24, 2.45) is 5.92 Å². The first-order valence-corrected chi connectivity index (χ1v) is 13.9. The van der Waals surface area contributed by atoms with Crippen molar-refractivity contribution in [3.63, 3.8) is 0 Å². The fraction of sp³-hybridized carbons (Fsp3) is 0.429. The van der Waals surface area contributed by atoms with Crippen LogP contribution in [0.15, 0.2) is 48.0 Å². The zero-order valence-electron chi connectivity index (χ0n) is 21.8. The Kier molecular flexibility index (Phi) is 9.28. The maximum atomic E-state index is 14.3. The van der Waals surface area contributed by atoms with Gasteiger partial charge in [-0.2, -0.15) is 0 Å². The van der Waals surface area contributed by atoms with Crippen LogP contribution in [0.3, 0.4) is 0 Å². The molecule has 1 saturated heterocycles. The normalized spacial score (nSPS) is 13.9. The van der Waals surface area contributed by atoms with E-state index in [4.69, 9.17) is 4.74 Å². The summed E-state index contributed by atoms with van der Waals surface area (Å²) >= 11 is 1.41. The molecule has 1 aliphatic heterocycles. The number of aromatic nitrogens is 2. The Morgan fingerprint density at radius 3 is 2.61 bits per heavy atom. The topological polar surface area (TPSA) is 84.7 Å². The minimum Gasteiger partial charge on any atom is -0.466 e. The van der Waals surface area contributed by atoms with Crippen LogP contribution < -0.4 is 0 Å². The largest absolute Gasteiger partial charge is 0.466 e. The van der Waals surface area contributed by atoms with Crippen molar-refractivity contribution >= 4 is 29.1 Å². The monoisotopic (exact) mass is 540 g/mol. The Morgan fingerprint density at radius 1 is 1.13 bits per heavy atom. The van der Waals surface area contributed by atoms with Crippen LogP contribution in [0, 0.1) is 11.7 Å². The van der Waals surface area contributed by atoms with Gasteiger partial charge in [-0.15, -0.1) is 11.3 Å². The van der Waals surface area contributed by atoms with E-state index >= 15 is 0 Å². The maximum absolute atomic E-state index is 14.3. The Labute approximate surface area is 226 Å². The summed E-state index contributed by atoms with van der Waals surface area (Å²) < 4.78 is 21.4. The predicted octanol–water partition coefficient (Wildman–Crippen LogP) is 4.60. The van der Waals surface area contributed by atoms with Crippen molar-refractivity contribution in [3.8, 4) is 0 Å². The van der Waals surface area contributed by atoms with Crippen LogP contribution in [-0.4, -0.2) is 63.4 Å². The lowest BCUT2D eigenvalue weighted by Gasteiger charge is -2.30. The van der Waals surface area contributed by atoms with Crippen LogP contribution >= 0.6 is 11.3 Å². The molecule has 202 valence electrons. The molecule has 0 unspecified atom stereocenters. The van der Waals surface area contributed by atoms with Crippen molar-refractivity contribution in [1.29, 1.82) is 0 Å².